The summed E-state index contributed by atoms with van der Waals surface area (Å²) in [6.07, 6.45) is 0. The lowest BCUT2D eigenvalue weighted by atomic mass is 10.0. The first-order valence-electron chi connectivity index (χ1n) is 9.48. The first kappa shape index (κ1) is 19.5. The molecule has 0 N–H and O–H groups in total. The Morgan fingerprint density at radius 2 is 1.53 bits per heavy atom. The molecular weight excluding hydrogens is 383 g/mol. The highest BCUT2D eigenvalue weighted by Gasteiger charge is 2.36. The normalized spacial score (nSPS) is 12.8. The Balaban J connectivity index is 1.53. The second-order valence-corrected chi connectivity index (χ2v) is 7.23. The maximum atomic E-state index is 13.1. The van der Waals surface area contributed by atoms with Gasteiger partial charge in [0, 0.05) is 19.2 Å². The maximum Gasteiger partial charge on any atom is 0.261 e. The van der Waals surface area contributed by atoms with E-state index in [0.717, 1.165) is 11.1 Å². The van der Waals surface area contributed by atoms with Gasteiger partial charge in [-0.1, -0.05) is 42.5 Å². The summed E-state index contributed by atoms with van der Waals surface area (Å²) in [5.74, 6) is -1.40. The molecule has 3 aromatic rings. The second-order valence-electron chi connectivity index (χ2n) is 7.23. The van der Waals surface area contributed by atoms with Crippen LogP contribution in [0.5, 0.6) is 0 Å². The number of rotatable bonds is 5. The van der Waals surface area contributed by atoms with Gasteiger partial charge in [-0.3, -0.25) is 19.3 Å². The largest absolute Gasteiger partial charge is 0.337 e. The van der Waals surface area contributed by atoms with Gasteiger partial charge in [0.05, 0.1) is 17.7 Å². The molecule has 0 radical (unpaired) electrons. The molecule has 0 aliphatic carbocycles. The third-order valence-electron chi connectivity index (χ3n) is 5.08. The van der Waals surface area contributed by atoms with Gasteiger partial charge in [-0.05, 0) is 41.5 Å². The van der Waals surface area contributed by atoms with Crippen molar-refractivity contribution in [3.05, 3.63) is 106 Å². The zero-order chi connectivity index (χ0) is 21.3. The van der Waals surface area contributed by atoms with Gasteiger partial charge in [-0.15, -0.1) is 0 Å². The molecule has 150 valence electrons. The van der Waals surface area contributed by atoms with Crippen molar-refractivity contribution in [3.8, 4) is 0 Å². The lowest BCUT2D eigenvalue weighted by Crippen LogP contribution is -2.29. The van der Waals surface area contributed by atoms with E-state index >= 15 is 0 Å². The fraction of sp³-hybridized carbons (Fsp3) is 0.125. The van der Waals surface area contributed by atoms with Crippen molar-refractivity contribution in [1.29, 1.82) is 0 Å². The van der Waals surface area contributed by atoms with Crippen LogP contribution in [0.25, 0.3) is 0 Å². The minimum Gasteiger partial charge on any atom is -0.337 e. The number of hydrogen-bond donors (Lipinski definition) is 0. The third kappa shape index (κ3) is 3.72. The lowest BCUT2D eigenvalue weighted by Gasteiger charge is -2.17. The number of amides is 3. The van der Waals surface area contributed by atoms with Crippen molar-refractivity contribution in [3.63, 3.8) is 0 Å². The van der Waals surface area contributed by atoms with Crippen molar-refractivity contribution in [2.45, 2.75) is 13.1 Å². The van der Waals surface area contributed by atoms with Crippen molar-refractivity contribution < 1.29 is 18.8 Å². The Morgan fingerprint density at radius 1 is 0.867 bits per heavy atom. The summed E-state index contributed by atoms with van der Waals surface area (Å²) in [4.78, 5) is 41.0. The Kier molecular flexibility index (Phi) is 5.14. The van der Waals surface area contributed by atoms with Gasteiger partial charge in [0.15, 0.2) is 0 Å². The predicted molar refractivity (Wildman–Crippen MR) is 109 cm³/mol. The summed E-state index contributed by atoms with van der Waals surface area (Å²) in [5, 5.41) is 0. The van der Waals surface area contributed by atoms with E-state index in [1.165, 1.54) is 34.1 Å². The third-order valence-corrected chi connectivity index (χ3v) is 5.08. The zero-order valence-corrected chi connectivity index (χ0v) is 16.3. The molecule has 0 unspecified atom stereocenters. The molecule has 1 aliphatic rings. The van der Waals surface area contributed by atoms with Gasteiger partial charge >= 0.3 is 0 Å². The highest BCUT2D eigenvalue weighted by molar-refractivity contribution is 6.22. The molecule has 0 aromatic heterocycles. The second kappa shape index (κ2) is 7.91. The number of fused-ring (bicyclic) bond motifs is 1. The number of halogens is 1. The maximum absolute atomic E-state index is 13.1. The molecule has 5 nitrogen and oxygen atoms in total. The van der Waals surface area contributed by atoms with Gasteiger partial charge < -0.3 is 4.90 Å². The van der Waals surface area contributed by atoms with E-state index < -0.39 is 5.91 Å². The van der Waals surface area contributed by atoms with E-state index in [2.05, 4.69) is 0 Å². The van der Waals surface area contributed by atoms with Gasteiger partial charge in [-0.25, -0.2) is 4.39 Å². The molecule has 1 aliphatic heterocycles. The molecule has 0 bridgehead atoms. The molecule has 6 heteroatoms. The summed E-state index contributed by atoms with van der Waals surface area (Å²) in [6.45, 7) is 0.476. The smallest absolute Gasteiger partial charge is 0.261 e. The van der Waals surface area contributed by atoms with Crippen LogP contribution in [0.2, 0.25) is 0 Å². The van der Waals surface area contributed by atoms with Crippen LogP contribution in [0, 0.1) is 5.82 Å². The Hall–Kier alpha value is -3.80. The fourth-order valence-electron chi connectivity index (χ4n) is 3.49. The number of carbonyl (C=O) groups is 3. The lowest BCUT2D eigenvalue weighted by molar-refractivity contribution is 0.0642. The van der Waals surface area contributed by atoms with Crippen LogP contribution in [0.4, 0.5) is 4.39 Å². The first-order chi connectivity index (χ1) is 14.4. The quantitative estimate of drug-likeness (QED) is 0.609. The Bertz CT molecular complexity index is 1130. The van der Waals surface area contributed by atoms with Gasteiger partial charge in [0.1, 0.15) is 5.82 Å². The van der Waals surface area contributed by atoms with Gasteiger partial charge in [0.25, 0.3) is 17.7 Å². The average molecular weight is 402 g/mol. The zero-order valence-electron chi connectivity index (χ0n) is 16.3. The van der Waals surface area contributed by atoms with E-state index in [9.17, 15) is 18.8 Å². The molecule has 0 saturated carbocycles. The average Bonchev–Trinajstić information content (AvgIpc) is 3.00. The highest BCUT2D eigenvalue weighted by Crippen LogP contribution is 2.26. The fourth-order valence-corrected chi connectivity index (χ4v) is 3.49. The highest BCUT2D eigenvalue weighted by atomic mass is 19.1. The van der Waals surface area contributed by atoms with E-state index in [-0.39, 0.29) is 29.7 Å². The van der Waals surface area contributed by atoms with Crippen molar-refractivity contribution in [2.75, 3.05) is 7.05 Å². The van der Waals surface area contributed by atoms with Crippen LogP contribution in [0.15, 0.2) is 72.8 Å². The van der Waals surface area contributed by atoms with E-state index in [1.54, 1.807) is 25.2 Å². The molecule has 0 spiro atoms. The molecule has 1 heterocycles. The topological polar surface area (TPSA) is 57.7 Å². The summed E-state index contributed by atoms with van der Waals surface area (Å²) in [7, 11) is 1.63. The van der Waals surface area contributed by atoms with Crippen LogP contribution >= 0.6 is 0 Å². The van der Waals surface area contributed by atoms with E-state index in [1.807, 2.05) is 30.3 Å². The minimum atomic E-state index is -0.408. The monoisotopic (exact) mass is 402 g/mol. The molecule has 0 saturated heterocycles. The van der Waals surface area contributed by atoms with Crippen LogP contribution in [0.1, 0.15) is 42.2 Å². The van der Waals surface area contributed by atoms with Gasteiger partial charge in [-0.2, -0.15) is 0 Å². The van der Waals surface area contributed by atoms with Crippen LogP contribution in [0.3, 0.4) is 0 Å². The van der Waals surface area contributed by atoms with Crippen molar-refractivity contribution in [2.24, 2.45) is 0 Å². The standard InChI is InChI=1S/C24H19FN2O3/c1-26(14-17-7-10-19(25)11-8-17)22(28)18-9-12-20-21(13-18)24(30)27(23(20)29)15-16-5-3-2-4-6-16/h2-13H,14-15H2,1H3. The number of nitrogens with zero attached hydrogens (tertiary/aromatic N) is 2. The number of carbonyl (C=O) groups excluding carboxylic acids is 3. The Labute approximate surface area is 173 Å². The van der Waals surface area contributed by atoms with Gasteiger partial charge in [0.2, 0.25) is 0 Å². The van der Waals surface area contributed by atoms with E-state index in [4.69, 9.17) is 0 Å². The predicted octanol–water partition coefficient (Wildman–Crippen LogP) is 3.89. The first-order valence-corrected chi connectivity index (χ1v) is 9.48. The van der Waals surface area contributed by atoms with Crippen LogP contribution in [-0.2, 0) is 13.1 Å². The molecule has 3 amide bonds. The van der Waals surface area contributed by atoms with E-state index in [0.29, 0.717) is 17.7 Å². The van der Waals surface area contributed by atoms with Crippen LogP contribution in [-0.4, -0.2) is 34.6 Å². The van der Waals surface area contributed by atoms with Crippen molar-refractivity contribution >= 4 is 17.7 Å². The minimum absolute atomic E-state index is 0.181. The molecule has 4 rings (SSSR count). The van der Waals surface area contributed by atoms with Crippen molar-refractivity contribution in [1.82, 2.24) is 9.80 Å². The number of hydrogen-bond acceptors (Lipinski definition) is 3. The molecule has 3 aromatic carbocycles. The summed E-state index contributed by atoms with van der Waals surface area (Å²) >= 11 is 0. The molecule has 0 fully saturated rings. The Morgan fingerprint density at radius 3 is 2.23 bits per heavy atom. The summed E-state index contributed by atoms with van der Waals surface area (Å²) < 4.78 is 13.1. The number of imide groups is 1. The SMILES string of the molecule is CN(Cc1ccc(F)cc1)C(=O)c1ccc2c(c1)C(=O)N(Cc1ccccc1)C2=O. The molecular formula is C24H19FN2O3. The number of benzene rings is 3. The summed E-state index contributed by atoms with van der Waals surface area (Å²) in [6, 6.07) is 19.7. The molecule has 0 atom stereocenters. The summed E-state index contributed by atoms with van der Waals surface area (Å²) in [5.41, 5.74) is 2.49. The van der Waals surface area contributed by atoms with Crippen LogP contribution < -0.4 is 0 Å². The molecule has 30 heavy (non-hydrogen) atoms.